The first-order chi connectivity index (χ1) is 12.5. The molecule has 26 heavy (non-hydrogen) atoms. The zero-order valence-electron chi connectivity index (χ0n) is 14.2. The fraction of sp³-hybridized carbons (Fsp3) is 0.211. The van der Waals surface area contributed by atoms with Crippen molar-refractivity contribution >= 4 is 40.7 Å². The smallest absolute Gasteiger partial charge is 0.191 e. The first-order valence-electron chi connectivity index (χ1n) is 8.09. The first-order valence-corrected chi connectivity index (χ1v) is 9.83. The van der Waals surface area contributed by atoms with Crippen LogP contribution in [-0.4, -0.2) is 26.3 Å². The molecule has 0 saturated carbocycles. The van der Waals surface area contributed by atoms with Crippen molar-refractivity contribution in [2.75, 3.05) is 5.75 Å². The van der Waals surface area contributed by atoms with Crippen molar-refractivity contribution in [1.29, 1.82) is 0 Å². The molecule has 0 amide bonds. The van der Waals surface area contributed by atoms with Crippen LogP contribution in [0.5, 0.6) is 0 Å². The third-order valence-corrected chi connectivity index (χ3v) is 5.27. The van der Waals surface area contributed by atoms with Gasteiger partial charge in [0.25, 0.3) is 0 Å². The quantitative estimate of drug-likeness (QED) is 0.495. The molecular weight excluding hydrogens is 389 g/mol. The van der Waals surface area contributed by atoms with Gasteiger partial charge in [-0.1, -0.05) is 65.3 Å². The van der Waals surface area contributed by atoms with Crippen LogP contribution < -0.4 is 0 Å². The van der Waals surface area contributed by atoms with E-state index in [9.17, 15) is 4.79 Å². The highest BCUT2D eigenvalue weighted by Crippen LogP contribution is 2.32. The van der Waals surface area contributed by atoms with Gasteiger partial charge in [-0.05, 0) is 30.7 Å². The van der Waals surface area contributed by atoms with Gasteiger partial charge in [0.1, 0.15) is 5.78 Å². The van der Waals surface area contributed by atoms with Crippen LogP contribution in [-0.2, 0) is 11.3 Å². The fourth-order valence-corrected chi connectivity index (χ4v) is 3.93. The van der Waals surface area contributed by atoms with Gasteiger partial charge in [0.2, 0.25) is 0 Å². The summed E-state index contributed by atoms with van der Waals surface area (Å²) >= 11 is 13.9. The van der Waals surface area contributed by atoms with Crippen LogP contribution in [0, 0.1) is 0 Å². The summed E-state index contributed by atoms with van der Waals surface area (Å²) in [6.07, 6.45) is 0.500. The van der Waals surface area contributed by atoms with Crippen molar-refractivity contribution in [3.63, 3.8) is 0 Å². The molecule has 0 atom stereocenters. The number of Topliss-reactive ketones (excluding diaryl/α,β-unsaturated/α-hetero) is 1. The van der Waals surface area contributed by atoms with E-state index in [1.807, 2.05) is 28.8 Å². The van der Waals surface area contributed by atoms with E-state index in [2.05, 4.69) is 22.3 Å². The lowest BCUT2D eigenvalue weighted by atomic mass is 10.2. The van der Waals surface area contributed by atoms with E-state index in [-0.39, 0.29) is 5.78 Å². The number of carbonyl (C=O) groups excluding carboxylic acids is 1. The number of aromatic nitrogens is 3. The first kappa shape index (κ1) is 19.0. The molecule has 3 rings (SSSR count). The summed E-state index contributed by atoms with van der Waals surface area (Å²) in [5.74, 6) is 1.50. The van der Waals surface area contributed by atoms with E-state index >= 15 is 0 Å². The SMILES string of the molecule is CC(=O)CCSc1nnc(-c2ccc(Cl)cc2Cl)n1Cc1ccccc1. The lowest BCUT2D eigenvalue weighted by molar-refractivity contribution is -0.116. The summed E-state index contributed by atoms with van der Waals surface area (Å²) in [5.41, 5.74) is 1.91. The molecule has 4 nitrogen and oxygen atoms in total. The van der Waals surface area contributed by atoms with E-state index in [4.69, 9.17) is 23.2 Å². The second kappa shape index (κ2) is 8.71. The molecule has 0 radical (unpaired) electrons. The Kier molecular flexibility index (Phi) is 6.35. The number of thioether (sulfide) groups is 1. The average molecular weight is 406 g/mol. The maximum Gasteiger partial charge on any atom is 0.191 e. The second-order valence-electron chi connectivity index (χ2n) is 5.80. The van der Waals surface area contributed by atoms with Gasteiger partial charge in [0.15, 0.2) is 11.0 Å². The van der Waals surface area contributed by atoms with E-state index in [1.165, 1.54) is 11.8 Å². The number of benzene rings is 2. The summed E-state index contributed by atoms with van der Waals surface area (Å²) < 4.78 is 2.02. The van der Waals surface area contributed by atoms with Gasteiger partial charge in [-0.3, -0.25) is 9.36 Å². The lowest BCUT2D eigenvalue weighted by Gasteiger charge is -2.11. The van der Waals surface area contributed by atoms with Crippen molar-refractivity contribution in [2.45, 2.75) is 25.0 Å². The highest BCUT2D eigenvalue weighted by Gasteiger charge is 2.17. The minimum Gasteiger partial charge on any atom is -0.300 e. The van der Waals surface area contributed by atoms with E-state index in [1.54, 1.807) is 19.1 Å². The Balaban J connectivity index is 1.97. The molecule has 0 bridgehead atoms. The number of hydrogen-bond acceptors (Lipinski definition) is 4. The topological polar surface area (TPSA) is 47.8 Å². The monoisotopic (exact) mass is 405 g/mol. The number of rotatable bonds is 7. The zero-order chi connectivity index (χ0) is 18.5. The molecule has 1 aromatic heterocycles. The van der Waals surface area contributed by atoms with Crippen molar-refractivity contribution in [3.8, 4) is 11.4 Å². The van der Waals surface area contributed by atoms with Gasteiger partial charge in [0, 0.05) is 22.8 Å². The minimum atomic E-state index is 0.160. The maximum absolute atomic E-state index is 11.2. The van der Waals surface area contributed by atoms with Crippen LogP contribution in [0.15, 0.2) is 53.7 Å². The van der Waals surface area contributed by atoms with Crippen molar-refractivity contribution in [3.05, 3.63) is 64.1 Å². The zero-order valence-corrected chi connectivity index (χ0v) is 16.5. The Morgan fingerprint density at radius 1 is 1.12 bits per heavy atom. The van der Waals surface area contributed by atoms with Crippen LogP contribution in [0.2, 0.25) is 10.0 Å². The lowest BCUT2D eigenvalue weighted by Crippen LogP contribution is -2.05. The number of ketones is 1. The fourth-order valence-electron chi connectivity index (χ4n) is 2.46. The molecule has 0 N–H and O–H groups in total. The van der Waals surface area contributed by atoms with Gasteiger partial charge >= 0.3 is 0 Å². The summed E-state index contributed by atoms with van der Waals surface area (Å²) in [5, 5.41) is 10.5. The number of halogens is 2. The minimum absolute atomic E-state index is 0.160. The molecule has 0 fully saturated rings. The largest absolute Gasteiger partial charge is 0.300 e. The molecule has 1 heterocycles. The molecule has 0 aliphatic carbocycles. The molecule has 0 unspecified atom stereocenters. The molecule has 134 valence electrons. The Labute approximate surface area is 166 Å². The van der Waals surface area contributed by atoms with Crippen LogP contribution in [0.3, 0.4) is 0 Å². The van der Waals surface area contributed by atoms with Crippen molar-refractivity contribution < 1.29 is 4.79 Å². The normalized spacial score (nSPS) is 10.9. The van der Waals surface area contributed by atoms with E-state index in [0.717, 1.165) is 16.3 Å². The number of carbonyl (C=O) groups is 1. The third kappa shape index (κ3) is 4.67. The van der Waals surface area contributed by atoms with Crippen molar-refractivity contribution in [1.82, 2.24) is 14.8 Å². The van der Waals surface area contributed by atoms with Crippen LogP contribution in [0.4, 0.5) is 0 Å². The second-order valence-corrected chi connectivity index (χ2v) is 7.71. The van der Waals surface area contributed by atoms with Crippen LogP contribution in [0.1, 0.15) is 18.9 Å². The van der Waals surface area contributed by atoms with Gasteiger partial charge in [0.05, 0.1) is 11.6 Å². The average Bonchev–Trinajstić information content (AvgIpc) is 2.98. The molecule has 0 spiro atoms. The van der Waals surface area contributed by atoms with Gasteiger partial charge < -0.3 is 0 Å². The van der Waals surface area contributed by atoms with Crippen LogP contribution >= 0.6 is 35.0 Å². The molecule has 7 heteroatoms. The Bertz CT molecular complexity index is 912. The van der Waals surface area contributed by atoms with Gasteiger partial charge in [-0.15, -0.1) is 10.2 Å². The van der Waals surface area contributed by atoms with E-state index in [0.29, 0.717) is 34.6 Å². The molecule has 2 aromatic carbocycles. The van der Waals surface area contributed by atoms with Crippen LogP contribution in [0.25, 0.3) is 11.4 Å². The maximum atomic E-state index is 11.2. The van der Waals surface area contributed by atoms with Gasteiger partial charge in [-0.25, -0.2) is 0 Å². The van der Waals surface area contributed by atoms with Crippen molar-refractivity contribution in [2.24, 2.45) is 0 Å². The number of hydrogen-bond donors (Lipinski definition) is 0. The molecule has 0 aliphatic rings. The third-order valence-electron chi connectivity index (χ3n) is 3.76. The highest BCUT2D eigenvalue weighted by atomic mass is 35.5. The predicted molar refractivity (Wildman–Crippen MR) is 107 cm³/mol. The molecule has 0 aliphatic heterocycles. The standard InChI is InChI=1S/C19H17Cl2N3OS/c1-13(25)9-10-26-19-23-22-18(16-8-7-15(20)11-17(16)21)24(19)12-14-5-3-2-4-6-14/h2-8,11H,9-10,12H2,1H3. The predicted octanol–water partition coefficient (Wildman–Crippen LogP) is 5.37. The Morgan fingerprint density at radius 3 is 2.58 bits per heavy atom. The van der Waals surface area contributed by atoms with Gasteiger partial charge in [-0.2, -0.15) is 0 Å². The summed E-state index contributed by atoms with van der Waals surface area (Å²) in [6.45, 7) is 2.21. The summed E-state index contributed by atoms with van der Waals surface area (Å²) in [7, 11) is 0. The molecule has 3 aromatic rings. The number of nitrogens with zero attached hydrogens (tertiary/aromatic N) is 3. The summed E-state index contributed by atoms with van der Waals surface area (Å²) in [4.78, 5) is 11.2. The molecular formula is C19H17Cl2N3OS. The summed E-state index contributed by atoms with van der Waals surface area (Å²) in [6, 6.07) is 15.4. The molecule has 0 saturated heterocycles. The van der Waals surface area contributed by atoms with E-state index < -0.39 is 0 Å². The Hall–Kier alpha value is -1.82. The Morgan fingerprint density at radius 2 is 1.88 bits per heavy atom. The highest BCUT2D eigenvalue weighted by molar-refractivity contribution is 7.99.